The molecule has 0 amide bonds. The maximum atomic E-state index is 5.14. The van der Waals surface area contributed by atoms with Gasteiger partial charge in [0.15, 0.2) is 6.10 Å². The zero-order chi connectivity index (χ0) is 8.97. The Morgan fingerprint density at radius 2 is 2.17 bits per heavy atom. The highest BCUT2D eigenvalue weighted by atomic mass is 79.9. The van der Waals surface area contributed by atoms with Crippen molar-refractivity contribution in [3.8, 4) is 18.4 Å². The van der Waals surface area contributed by atoms with Crippen LogP contribution in [-0.4, -0.2) is 16.1 Å². The molecule has 0 radical (unpaired) electrons. The summed E-state index contributed by atoms with van der Waals surface area (Å²) < 4.78 is 5.95. The molecule has 12 heavy (non-hydrogen) atoms. The van der Waals surface area contributed by atoms with Gasteiger partial charge in [-0.3, -0.25) is 0 Å². The van der Waals surface area contributed by atoms with Gasteiger partial charge in [-0.1, -0.05) is 5.92 Å². The lowest BCUT2D eigenvalue weighted by atomic mass is 10.4. The van der Waals surface area contributed by atoms with E-state index in [1.807, 2.05) is 0 Å². The van der Waals surface area contributed by atoms with E-state index in [1.165, 1.54) is 0 Å². The van der Waals surface area contributed by atoms with Crippen LogP contribution in [0.5, 0.6) is 6.01 Å². The first-order chi connectivity index (χ1) is 5.72. The summed E-state index contributed by atoms with van der Waals surface area (Å²) in [7, 11) is 0. The lowest BCUT2D eigenvalue weighted by Gasteiger charge is -2.05. The first-order valence-electron chi connectivity index (χ1n) is 3.32. The molecule has 0 saturated heterocycles. The molecule has 62 valence electrons. The number of nitrogens with zero attached hydrogens (tertiary/aromatic N) is 2. The maximum absolute atomic E-state index is 5.14. The van der Waals surface area contributed by atoms with Crippen molar-refractivity contribution in [3.63, 3.8) is 0 Å². The zero-order valence-electron chi connectivity index (χ0n) is 6.49. The molecular weight excluding hydrogens is 220 g/mol. The fourth-order valence-corrected chi connectivity index (χ4v) is 0.758. The fraction of sp³-hybridized carbons (Fsp3) is 0.250. The summed E-state index contributed by atoms with van der Waals surface area (Å²) in [6.45, 7) is 1.76. The number of halogens is 1. The highest BCUT2D eigenvalue weighted by Gasteiger charge is 2.00. The highest BCUT2D eigenvalue weighted by Crippen LogP contribution is 2.08. The molecule has 1 rings (SSSR count). The monoisotopic (exact) mass is 226 g/mol. The van der Waals surface area contributed by atoms with Crippen molar-refractivity contribution >= 4 is 15.9 Å². The van der Waals surface area contributed by atoms with E-state index >= 15 is 0 Å². The summed E-state index contributed by atoms with van der Waals surface area (Å²) in [6, 6.07) is 0.295. The second-order valence-electron chi connectivity index (χ2n) is 2.11. The standard InChI is InChI=1S/C8H7BrN2O/c1-3-6(2)12-8-10-4-7(9)5-11-8/h1,4-6H,2H3. The van der Waals surface area contributed by atoms with Crippen LogP contribution in [0, 0.1) is 12.3 Å². The normalized spacial score (nSPS) is 11.8. The van der Waals surface area contributed by atoms with Crippen molar-refractivity contribution in [2.24, 2.45) is 0 Å². The second kappa shape index (κ2) is 4.07. The molecular formula is C8H7BrN2O. The van der Waals surface area contributed by atoms with Gasteiger partial charge in [-0.05, 0) is 22.9 Å². The van der Waals surface area contributed by atoms with E-state index in [1.54, 1.807) is 19.3 Å². The van der Waals surface area contributed by atoms with Gasteiger partial charge in [0.25, 0.3) is 0 Å². The van der Waals surface area contributed by atoms with E-state index in [0.717, 1.165) is 4.47 Å². The Bertz CT molecular complexity index is 291. The van der Waals surface area contributed by atoms with Gasteiger partial charge in [-0.25, -0.2) is 9.97 Å². The third kappa shape index (κ3) is 2.51. The molecule has 4 heteroatoms. The van der Waals surface area contributed by atoms with E-state index in [2.05, 4.69) is 31.8 Å². The average Bonchev–Trinajstić information content (AvgIpc) is 2.09. The summed E-state index contributed by atoms with van der Waals surface area (Å²) in [6.07, 6.45) is 8.02. The summed E-state index contributed by atoms with van der Waals surface area (Å²) >= 11 is 3.21. The topological polar surface area (TPSA) is 35.0 Å². The summed E-state index contributed by atoms with van der Waals surface area (Å²) in [4.78, 5) is 7.78. The SMILES string of the molecule is C#CC(C)Oc1ncc(Br)cn1. The lowest BCUT2D eigenvalue weighted by molar-refractivity contribution is 0.256. The smallest absolute Gasteiger partial charge is 0.317 e. The van der Waals surface area contributed by atoms with Gasteiger partial charge in [0, 0.05) is 12.4 Å². The minimum absolute atomic E-state index is 0.295. The number of hydrogen-bond acceptors (Lipinski definition) is 3. The molecule has 0 N–H and O–H groups in total. The Hall–Kier alpha value is -1.08. The third-order valence-corrected chi connectivity index (χ3v) is 1.52. The molecule has 1 unspecified atom stereocenters. The Morgan fingerprint density at radius 3 is 2.67 bits per heavy atom. The van der Waals surface area contributed by atoms with Crippen LogP contribution in [0.15, 0.2) is 16.9 Å². The number of hydrogen-bond donors (Lipinski definition) is 0. The van der Waals surface area contributed by atoms with Gasteiger partial charge in [0.1, 0.15) is 0 Å². The molecule has 3 nitrogen and oxygen atoms in total. The van der Waals surface area contributed by atoms with E-state index in [0.29, 0.717) is 6.01 Å². The molecule has 0 aliphatic carbocycles. The molecule has 0 saturated carbocycles. The Morgan fingerprint density at radius 1 is 1.58 bits per heavy atom. The van der Waals surface area contributed by atoms with Crippen molar-refractivity contribution in [1.29, 1.82) is 0 Å². The van der Waals surface area contributed by atoms with Gasteiger partial charge in [-0.2, -0.15) is 0 Å². The molecule has 0 spiro atoms. The van der Waals surface area contributed by atoms with Crippen LogP contribution in [0.4, 0.5) is 0 Å². The molecule has 0 bridgehead atoms. The van der Waals surface area contributed by atoms with E-state index in [4.69, 9.17) is 11.2 Å². The van der Waals surface area contributed by atoms with Crippen LogP contribution < -0.4 is 4.74 Å². The van der Waals surface area contributed by atoms with Gasteiger partial charge in [0.05, 0.1) is 4.47 Å². The molecule has 1 atom stereocenters. The minimum Gasteiger partial charge on any atom is -0.447 e. The first-order valence-corrected chi connectivity index (χ1v) is 4.12. The van der Waals surface area contributed by atoms with Crippen LogP contribution in [-0.2, 0) is 0 Å². The van der Waals surface area contributed by atoms with Gasteiger partial charge in [-0.15, -0.1) is 6.42 Å². The number of terminal acetylenes is 1. The lowest BCUT2D eigenvalue weighted by Crippen LogP contribution is -2.10. The van der Waals surface area contributed by atoms with E-state index in [9.17, 15) is 0 Å². The fourth-order valence-electron chi connectivity index (χ4n) is 0.553. The summed E-state index contributed by atoms with van der Waals surface area (Å²) in [5.41, 5.74) is 0. The predicted molar refractivity (Wildman–Crippen MR) is 48.7 cm³/mol. The third-order valence-electron chi connectivity index (χ3n) is 1.11. The quantitative estimate of drug-likeness (QED) is 0.720. The largest absolute Gasteiger partial charge is 0.447 e. The van der Waals surface area contributed by atoms with Crippen LogP contribution >= 0.6 is 15.9 Å². The summed E-state index contributed by atoms with van der Waals surface area (Å²) in [5.74, 6) is 2.41. The number of aromatic nitrogens is 2. The summed E-state index contributed by atoms with van der Waals surface area (Å²) in [5, 5.41) is 0. The van der Waals surface area contributed by atoms with Crippen molar-refractivity contribution in [2.75, 3.05) is 0 Å². The average molecular weight is 227 g/mol. The van der Waals surface area contributed by atoms with E-state index in [-0.39, 0.29) is 6.10 Å². The second-order valence-corrected chi connectivity index (χ2v) is 3.03. The van der Waals surface area contributed by atoms with Crippen molar-refractivity contribution in [3.05, 3.63) is 16.9 Å². The Balaban J connectivity index is 2.66. The van der Waals surface area contributed by atoms with Gasteiger partial charge < -0.3 is 4.74 Å². The number of ether oxygens (including phenoxy) is 1. The van der Waals surface area contributed by atoms with Crippen LogP contribution in [0.2, 0.25) is 0 Å². The molecule has 0 aliphatic rings. The minimum atomic E-state index is -0.300. The Labute approximate surface area is 79.3 Å². The Kier molecular flexibility index (Phi) is 3.06. The maximum Gasteiger partial charge on any atom is 0.317 e. The number of rotatable bonds is 2. The molecule has 0 fully saturated rings. The predicted octanol–water partition coefficient (Wildman–Crippen LogP) is 1.64. The zero-order valence-corrected chi connectivity index (χ0v) is 8.08. The van der Waals surface area contributed by atoms with Crippen LogP contribution in [0.1, 0.15) is 6.92 Å². The molecule has 1 aromatic heterocycles. The van der Waals surface area contributed by atoms with Crippen molar-refractivity contribution in [1.82, 2.24) is 9.97 Å². The first kappa shape index (κ1) is 9.01. The molecule has 1 heterocycles. The van der Waals surface area contributed by atoms with Crippen LogP contribution in [0.3, 0.4) is 0 Å². The highest BCUT2D eigenvalue weighted by molar-refractivity contribution is 9.10. The van der Waals surface area contributed by atoms with Crippen molar-refractivity contribution in [2.45, 2.75) is 13.0 Å². The van der Waals surface area contributed by atoms with E-state index < -0.39 is 0 Å². The van der Waals surface area contributed by atoms with Gasteiger partial charge in [0.2, 0.25) is 0 Å². The van der Waals surface area contributed by atoms with Crippen LogP contribution in [0.25, 0.3) is 0 Å². The molecule has 0 aliphatic heterocycles. The molecule has 0 aromatic carbocycles. The van der Waals surface area contributed by atoms with Crippen molar-refractivity contribution < 1.29 is 4.74 Å². The molecule has 1 aromatic rings. The van der Waals surface area contributed by atoms with Gasteiger partial charge >= 0.3 is 6.01 Å².